The van der Waals surface area contributed by atoms with Crippen molar-refractivity contribution in [3.05, 3.63) is 59.8 Å². The van der Waals surface area contributed by atoms with E-state index in [-0.39, 0.29) is 18.7 Å². The summed E-state index contributed by atoms with van der Waals surface area (Å²) in [5.74, 6) is -0.260. The molecule has 1 heterocycles. The number of carbonyl (C=O) groups is 2. The number of fused-ring (bicyclic) bond motifs is 1. The van der Waals surface area contributed by atoms with E-state index in [1.807, 2.05) is 24.3 Å². The van der Waals surface area contributed by atoms with Crippen molar-refractivity contribution in [1.29, 1.82) is 0 Å². The zero-order chi connectivity index (χ0) is 20.1. The van der Waals surface area contributed by atoms with Crippen LogP contribution >= 0.6 is 0 Å². The summed E-state index contributed by atoms with van der Waals surface area (Å²) in [4.78, 5) is 27.1. The minimum absolute atomic E-state index is 0.146. The summed E-state index contributed by atoms with van der Waals surface area (Å²) in [6.45, 7) is 0. The molecule has 2 aromatic carbocycles. The monoisotopic (exact) mass is 382 g/mol. The van der Waals surface area contributed by atoms with E-state index in [9.17, 15) is 14.7 Å². The largest absolute Gasteiger partial charge is 0.493 e. The van der Waals surface area contributed by atoms with Gasteiger partial charge in [-0.15, -0.1) is 0 Å². The Labute approximate surface area is 162 Å². The fraction of sp³-hybridized carbons (Fsp3) is 0.238. The maximum atomic E-state index is 12.6. The molecule has 1 atom stereocenters. The van der Waals surface area contributed by atoms with Crippen LogP contribution in [0.1, 0.15) is 23.6 Å². The van der Waals surface area contributed by atoms with E-state index < -0.39 is 12.0 Å². The Bertz CT molecular complexity index is 995. The summed E-state index contributed by atoms with van der Waals surface area (Å²) < 4.78 is 10.5. The number of hydrogen-bond donors (Lipinski definition) is 3. The highest BCUT2D eigenvalue weighted by atomic mass is 16.5. The number of carboxylic acids is 1. The van der Waals surface area contributed by atoms with Gasteiger partial charge in [-0.1, -0.05) is 24.3 Å². The van der Waals surface area contributed by atoms with Crippen molar-refractivity contribution in [1.82, 2.24) is 10.3 Å². The molecular weight excluding hydrogens is 360 g/mol. The van der Waals surface area contributed by atoms with Crippen LogP contribution in [0, 0.1) is 0 Å². The van der Waals surface area contributed by atoms with Crippen LogP contribution in [0.3, 0.4) is 0 Å². The third kappa shape index (κ3) is 4.25. The molecule has 1 aromatic heterocycles. The lowest BCUT2D eigenvalue weighted by molar-refractivity contribution is -0.137. The molecule has 0 fully saturated rings. The lowest BCUT2D eigenvalue weighted by Gasteiger charge is -2.19. The fourth-order valence-corrected chi connectivity index (χ4v) is 3.19. The fourth-order valence-electron chi connectivity index (χ4n) is 3.19. The normalized spacial score (nSPS) is 11.8. The van der Waals surface area contributed by atoms with Crippen molar-refractivity contribution in [3.8, 4) is 11.5 Å². The number of carboxylic acid groups (broad SMARTS) is 1. The number of hydrogen-bond acceptors (Lipinski definition) is 4. The number of nitrogens with one attached hydrogen (secondary N) is 2. The van der Waals surface area contributed by atoms with Gasteiger partial charge in [0.1, 0.15) is 0 Å². The van der Waals surface area contributed by atoms with Gasteiger partial charge in [-0.2, -0.15) is 0 Å². The zero-order valence-electron chi connectivity index (χ0n) is 15.7. The molecule has 146 valence electrons. The lowest BCUT2D eigenvalue weighted by atomic mass is 10.0. The topological polar surface area (TPSA) is 101 Å². The highest BCUT2D eigenvalue weighted by Crippen LogP contribution is 2.31. The van der Waals surface area contributed by atoms with Crippen LogP contribution < -0.4 is 14.8 Å². The molecule has 0 aliphatic rings. The van der Waals surface area contributed by atoms with Crippen molar-refractivity contribution < 1.29 is 24.2 Å². The molecule has 0 aliphatic heterocycles. The third-order valence-corrected chi connectivity index (χ3v) is 4.55. The van der Waals surface area contributed by atoms with E-state index >= 15 is 0 Å². The maximum absolute atomic E-state index is 12.6. The molecular formula is C21H22N2O5. The predicted octanol–water partition coefficient (Wildman–Crippen LogP) is 3.06. The first-order chi connectivity index (χ1) is 13.5. The number of methoxy groups -OCH3 is 2. The van der Waals surface area contributed by atoms with Gasteiger partial charge in [0.05, 0.1) is 33.1 Å². The van der Waals surface area contributed by atoms with Crippen molar-refractivity contribution in [2.24, 2.45) is 0 Å². The Morgan fingerprint density at radius 1 is 1.11 bits per heavy atom. The molecule has 0 saturated carbocycles. The van der Waals surface area contributed by atoms with Gasteiger partial charge >= 0.3 is 5.97 Å². The van der Waals surface area contributed by atoms with Crippen LogP contribution in [0.2, 0.25) is 0 Å². The van der Waals surface area contributed by atoms with Crippen LogP contribution in [0.4, 0.5) is 0 Å². The number of aliphatic carboxylic acids is 1. The maximum Gasteiger partial charge on any atom is 0.305 e. The molecule has 1 unspecified atom stereocenters. The molecule has 0 spiro atoms. The first kappa shape index (κ1) is 19.3. The van der Waals surface area contributed by atoms with E-state index in [0.717, 1.165) is 16.5 Å². The SMILES string of the molecule is COc1ccc(C(CC(=O)O)NC(=O)Cc2c[nH]c3ccccc23)cc1OC. The number of carbonyl (C=O) groups excluding carboxylic acids is 1. The van der Waals surface area contributed by atoms with Gasteiger partial charge in [-0.25, -0.2) is 0 Å². The van der Waals surface area contributed by atoms with E-state index in [1.165, 1.54) is 14.2 Å². The second-order valence-electron chi connectivity index (χ2n) is 6.37. The predicted molar refractivity (Wildman–Crippen MR) is 105 cm³/mol. The summed E-state index contributed by atoms with van der Waals surface area (Å²) >= 11 is 0. The van der Waals surface area contributed by atoms with Gasteiger partial charge < -0.3 is 24.9 Å². The number of H-pyrrole nitrogens is 1. The van der Waals surface area contributed by atoms with E-state index in [2.05, 4.69) is 10.3 Å². The lowest BCUT2D eigenvalue weighted by Crippen LogP contribution is -2.31. The molecule has 0 aliphatic carbocycles. The molecule has 7 nitrogen and oxygen atoms in total. The average molecular weight is 382 g/mol. The Balaban J connectivity index is 1.80. The van der Waals surface area contributed by atoms with Crippen LogP contribution in [-0.2, 0) is 16.0 Å². The highest BCUT2D eigenvalue weighted by Gasteiger charge is 2.20. The number of ether oxygens (including phenoxy) is 2. The molecule has 28 heavy (non-hydrogen) atoms. The quantitative estimate of drug-likeness (QED) is 0.556. The number of benzene rings is 2. The van der Waals surface area contributed by atoms with E-state index in [4.69, 9.17) is 9.47 Å². The molecule has 0 saturated heterocycles. The number of amides is 1. The molecule has 3 rings (SSSR count). The Morgan fingerprint density at radius 3 is 2.57 bits per heavy atom. The van der Waals surface area contributed by atoms with E-state index in [0.29, 0.717) is 17.1 Å². The van der Waals surface area contributed by atoms with Gasteiger partial charge in [-0.3, -0.25) is 9.59 Å². The van der Waals surface area contributed by atoms with E-state index in [1.54, 1.807) is 24.4 Å². The van der Waals surface area contributed by atoms with Crippen LogP contribution in [-0.4, -0.2) is 36.2 Å². The second-order valence-corrected chi connectivity index (χ2v) is 6.37. The van der Waals surface area contributed by atoms with Crippen molar-refractivity contribution in [2.75, 3.05) is 14.2 Å². The Kier molecular flexibility index (Phi) is 5.84. The first-order valence-electron chi connectivity index (χ1n) is 8.80. The molecule has 1 amide bonds. The zero-order valence-corrected chi connectivity index (χ0v) is 15.7. The summed E-state index contributed by atoms with van der Waals surface area (Å²) in [7, 11) is 3.03. The molecule has 0 radical (unpaired) electrons. The minimum atomic E-state index is -1.01. The van der Waals surface area contributed by atoms with Gasteiger partial charge in [0.2, 0.25) is 5.91 Å². The molecule has 3 aromatic rings. The molecule has 7 heteroatoms. The van der Waals surface area contributed by atoms with Crippen LogP contribution in [0.25, 0.3) is 10.9 Å². The summed E-state index contributed by atoms with van der Waals surface area (Å²) in [6, 6.07) is 12.1. The third-order valence-electron chi connectivity index (χ3n) is 4.55. The minimum Gasteiger partial charge on any atom is -0.493 e. The van der Waals surface area contributed by atoms with Crippen molar-refractivity contribution in [2.45, 2.75) is 18.9 Å². The number of aromatic nitrogens is 1. The number of rotatable bonds is 8. The van der Waals surface area contributed by atoms with Gasteiger partial charge in [0.15, 0.2) is 11.5 Å². The van der Waals surface area contributed by atoms with Crippen molar-refractivity contribution >= 4 is 22.8 Å². The second kappa shape index (κ2) is 8.47. The summed E-state index contributed by atoms with van der Waals surface area (Å²) in [5.41, 5.74) is 2.44. The first-order valence-corrected chi connectivity index (χ1v) is 8.80. The van der Waals surface area contributed by atoms with Crippen LogP contribution in [0.15, 0.2) is 48.7 Å². The summed E-state index contributed by atoms with van der Waals surface area (Å²) in [6.07, 6.45) is 1.70. The van der Waals surface area contributed by atoms with Gasteiger partial charge in [0.25, 0.3) is 0 Å². The average Bonchev–Trinajstić information content (AvgIpc) is 3.09. The standard InChI is InChI=1S/C21H22N2O5/c1-27-18-8-7-13(9-19(18)28-2)17(11-21(25)26)23-20(24)10-14-12-22-16-6-4-3-5-15(14)16/h3-9,12,17,22H,10-11H2,1-2H3,(H,23,24)(H,25,26). The van der Waals surface area contributed by atoms with Gasteiger partial charge in [-0.05, 0) is 29.3 Å². The number of aromatic amines is 1. The van der Waals surface area contributed by atoms with Crippen LogP contribution in [0.5, 0.6) is 11.5 Å². The Morgan fingerprint density at radius 2 is 1.86 bits per heavy atom. The Hall–Kier alpha value is -3.48. The number of para-hydroxylation sites is 1. The molecule has 0 bridgehead atoms. The smallest absolute Gasteiger partial charge is 0.305 e. The van der Waals surface area contributed by atoms with Crippen molar-refractivity contribution in [3.63, 3.8) is 0 Å². The summed E-state index contributed by atoms with van der Waals surface area (Å²) in [5, 5.41) is 13.1. The highest BCUT2D eigenvalue weighted by molar-refractivity contribution is 5.89. The van der Waals surface area contributed by atoms with Gasteiger partial charge in [0, 0.05) is 17.1 Å². The molecule has 3 N–H and O–H groups in total.